The summed E-state index contributed by atoms with van der Waals surface area (Å²) in [6, 6.07) is 30.1. The summed E-state index contributed by atoms with van der Waals surface area (Å²) in [6.45, 7) is 9.52. The van der Waals surface area contributed by atoms with E-state index in [9.17, 15) is 15.0 Å². The molecular weight excluding hydrogens is 801 g/mol. The first-order chi connectivity index (χ1) is 30.5. The first-order valence-corrected chi connectivity index (χ1v) is 23.4. The van der Waals surface area contributed by atoms with Gasteiger partial charge in [0.2, 0.25) is 5.79 Å². The summed E-state index contributed by atoms with van der Waals surface area (Å²) in [7, 11) is 0. The lowest BCUT2D eigenvalue weighted by Crippen LogP contribution is -2.70. The molecule has 0 aromatic heterocycles. The van der Waals surface area contributed by atoms with Crippen LogP contribution in [0.15, 0.2) is 125 Å². The summed E-state index contributed by atoms with van der Waals surface area (Å²) in [5.41, 5.74) is 3.71. The molecule has 10 nitrogen and oxygen atoms in total. The lowest BCUT2D eigenvalue weighted by Gasteiger charge is -2.59. The van der Waals surface area contributed by atoms with E-state index in [0.29, 0.717) is 31.8 Å². The fourth-order valence-corrected chi connectivity index (χ4v) is 10.6. The van der Waals surface area contributed by atoms with E-state index in [1.807, 2.05) is 62.4 Å². The molecule has 0 spiro atoms. The Morgan fingerprint density at radius 3 is 2.50 bits per heavy atom. The molecule has 6 atom stereocenters. The van der Waals surface area contributed by atoms with Gasteiger partial charge in [-0.25, -0.2) is 4.79 Å². The van der Waals surface area contributed by atoms with Gasteiger partial charge in [0.1, 0.15) is 24.1 Å². The highest BCUT2D eigenvalue weighted by Crippen LogP contribution is 2.62. The van der Waals surface area contributed by atoms with Crippen molar-refractivity contribution in [1.82, 2.24) is 4.90 Å². The summed E-state index contributed by atoms with van der Waals surface area (Å²) >= 11 is 1.75. The normalized spacial score (nSPS) is 23.1. The third-order valence-electron chi connectivity index (χ3n) is 12.4. The van der Waals surface area contributed by atoms with Crippen LogP contribution in [0.1, 0.15) is 75.8 Å². The molecule has 1 aliphatic heterocycles. The standard InChI is InChI=1S/C51H62N2O8S/c1-4-29-59-51-47(53(50(56)57-5-2)35-38-20-16-19-36-17-10-11-23-41(36)38)34-45(52-60-6-3)43-32-37(18-12-14-27-54)42(24-13-15-28-55)48(49(43)51)44-33-39(25-26-46(44)61-51)58-30-31-62-40-21-8-7-9-22-40/h4,7-11,16-17,19-23,25-26,32-33,37,42,47-49,54-55H,1,5-6,12-15,18,24,27-31,34-35H2,2-3H3/t37-,42+,47-,48+,49+,51+/m0/s1. The zero-order valence-corrected chi connectivity index (χ0v) is 37.0. The van der Waals surface area contributed by atoms with E-state index in [0.717, 1.165) is 70.4 Å². The number of aliphatic hydroxyl groups is 2. The number of ether oxygens (including phenoxy) is 4. The molecule has 2 aliphatic carbocycles. The van der Waals surface area contributed by atoms with Crippen LogP contribution in [0.2, 0.25) is 0 Å². The van der Waals surface area contributed by atoms with Gasteiger partial charge in [0.15, 0.2) is 0 Å². The van der Waals surface area contributed by atoms with E-state index in [1.54, 1.807) is 22.7 Å². The molecule has 0 bridgehead atoms. The quantitative estimate of drug-likeness (QED) is 0.0344. The molecule has 4 aromatic carbocycles. The van der Waals surface area contributed by atoms with Crippen LogP contribution < -0.4 is 9.47 Å². The van der Waals surface area contributed by atoms with Crippen molar-refractivity contribution in [3.8, 4) is 11.5 Å². The van der Waals surface area contributed by atoms with E-state index in [2.05, 4.69) is 55.1 Å². The van der Waals surface area contributed by atoms with Gasteiger partial charge in [-0.15, -0.1) is 18.3 Å². The summed E-state index contributed by atoms with van der Waals surface area (Å²) in [5, 5.41) is 26.9. The van der Waals surface area contributed by atoms with Crippen molar-refractivity contribution in [3.05, 3.63) is 126 Å². The van der Waals surface area contributed by atoms with Crippen LogP contribution in [0, 0.1) is 17.8 Å². The van der Waals surface area contributed by atoms with E-state index >= 15 is 0 Å². The summed E-state index contributed by atoms with van der Waals surface area (Å²) in [6.07, 6.45) is 8.66. The van der Waals surface area contributed by atoms with Crippen molar-refractivity contribution in [2.45, 2.75) is 88.0 Å². The van der Waals surface area contributed by atoms with Crippen LogP contribution in [0.5, 0.6) is 11.5 Å². The summed E-state index contributed by atoms with van der Waals surface area (Å²) < 4.78 is 27.0. The van der Waals surface area contributed by atoms with Crippen LogP contribution in [0.25, 0.3) is 10.8 Å². The molecule has 0 saturated heterocycles. The third-order valence-corrected chi connectivity index (χ3v) is 13.4. The lowest BCUT2D eigenvalue weighted by molar-refractivity contribution is -0.256. The highest BCUT2D eigenvalue weighted by atomic mass is 32.2. The second kappa shape index (κ2) is 22.0. The molecule has 1 fully saturated rings. The van der Waals surface area contributed by atoms with Gasteiger partial charge in [-0.3, -0.25) is 4.90 Å². The number of hydrogen-bond acceptors (Lipinski definition) is 10. The zero-order valence-electron chi connectivity index (χ0n) is 36.2. The Morgan fingerprint density at radius 2 is 1.73 bits per heavy atom. The van der Waals surface area contributed by atoms with Gasteiger partial charge in [-0.2, -0.15) is 0 Å². The number of unbranched alkanes of at least 4 members (excludes halogenated alkanes) is 2. The minimum absolute atomic E-state index is 0.0911. The average molecular weight is 863 g/mol. The highest BCUT2D eigenvalue weighted by Gasteiger charge is 2.65. The smallest absolute Gasteiger partial charge is 0.410 e. The maximum absolute atomic E-state index is 14.6. The predicted molar refractivity (Wildman–Crippen MR) is 246 cm³/mol. The van der Waals surface area contributed by atoms with E-state index in [-0.39, 0.29) is 57.1 Å². The molecule has 7 rings (SSSR count). The van der Waals surface area contributed by atoms with Crippen molar-refractivity contribution in [2.24, 2.45) is 22.9 Å². The Bertz CT molecular complexity index is 2160. The molecule has 1 amide bonds. The van der Waals surface area contributed by atoms with E-state index < -0.39 is 23.8 Å². The van der Waals surface area contributed by atoms with Crippen molar-refractivity contribution in [3.63, 3.8) is 0 Å². The molecule has 4 aromatic rings. The Morgan fingerprint density at radius 1 is 0.952 bits per heavy atom. The molecule has 0 unspecified atom stereocenters. The van der Waals surface area contributed by atoms with Gasteiger partial charge in [-0.05, 0) is 104 Å². The van der Waals surface area contributed by atoms with Crippen molar-refractivity contribution >= 4 is 34.3 Å². The highest BCUT2D eigenvalue weighted by molar-refractivity contribution is 7.99. The number of oxime groups is 1. The molecule has 3 aliphatic rings. The monoisotopic (exact) mass is 862 g/mol. The van der Waals surface area contributed by atoms with Gasteiger partial charge >= 0.3 is 6.09 Å². The fraction of sp³-hybridized carbons (Fsp3) is 0.451. The van der Waals surface area contributed by atoms with E-state index in [4.69, 9.17) is 28.9 Å². The maximum Gasteiger partial charge on any atom is 0.410 e. The number of allylic oxidation sites excluding steroid dienone is 1. The molecule has 1 saturated carbocycles. The van der Waals surface area contributed by atoms with Crippen LogP contribution >= 0.6 is 11.8 Å². The minimum Gasteiger partial charge on any atom is -0.493 e. The van der Waals surface area contributed by atoms with Gasteiger partial charge < -0.3 is 34.0 Å². The SMILES string of the molecule is C=CCO[C@@]12Oc3ccc(OCCSc4ccccc4)cc3[C@H]3[C@H](CCCCO)[C@@H](CCCCO)C=C(C(=NOCC)C[C@@H]1N(Cc1cccc4ccccc14)C(=O)OCC)[C@H]32. The summed E-state index contributed by atoms with van der Waals surface area (Å²) in [5.74, 6) is 0.412. The predicted octanol–water partition coefficient (Wildman–Crippen LogP) is 10.3. The van der Waals surface area contributed by atoms with Gasteiger partial charge in [-0.1, -0.05) is 90.8 Å². The van der Waals surface area contributed by atoms with Gasteiger partial charge in [0, 0.05) is 41.8 Å². The molecular formula is C51H62N2O8S. The first-order valence-electron chi connectivity index (χ1n) is 22.4. The van der Waals surface area contributed by atoms with Crippen LogP contribution in [0.3, 0.4) is 0 Å². The Kier molecular flexibility index (Phi) is 16.1. The number of thioether (sulfide) groups is 1. The Hall–Kier alpha value is -4.81. The molecule has 1 heterocycles. The lowest BCUT2D eigenvalue weighted by atomic mass is 9.55. The van der Waals surface area contributed by atoms with Crippen molar-refractivity contribution < 1.29 is 38.8 Å². The molecule has 2 N–H and O–H groups in total. The van der Waals surface area contributed by atoms with Crippen LogP contribution in [0.4, 0.5) is 4.79 Å². The molecule has 0 radical (unpaired) electrons. The van der Waals surface area contributed by atoms with Crippen molar-refractivity contribution in [1.29, 1.82) is 0 Å². The van der Waals surface area contributed by atoms with Gasteiger partial charge in [0.25, 0.3) is 0 Å². The second-order valence-corrected chi connectivity index (χ2v) is 17.3. The number of nitrogens with zero attached hydrogens (tertiary/aromatic N) is 2. The Balaban J connectivity index is 1.40. The number of aliphatic hydroxyl groups excluding tert-OH is 2. The number of carbonyl (C=O) groups excluding carboxylic acids is 1. The third kappa shape index (κ3) is 10.0. The van der Waals surface area contributed by atoms with Crippen molar-refractivity contribution in [2.75, 3.05) is 45.4 Å². The number of benzene rings is 4. The topological polar surface area (TPSA) is 119 Å². The largest absolute Gasteiger partial charge is 0.493 e. The molecule has 11 heteroatoms. The first kappa shape index (κ1) is 45.2. The van der Waals surface area contributed by atoms with Crippen LogP contribution in [-0.2, 0) is 20.9 Å². The minimum atomic E-state index is -1.40. The number of hydrogen-bond donors (Lipinski definition) is 2. The molecule has 62 heavy (non-hydrogen) atoms. The van der Waals surface area contributed by atoms with Crippen LogP contribution in [-0.4, -0.2) is 84.1 Å². The number of carbonyl (C=O) groups is 1. The number of rotatable bonds is 22. The Labute approximate surface area is 370 Å². The average Bonchev–Trinajstić information content (AvgIpc) is 3.30. The van der Waals surface area contributed by atoms with Gasteiger partial charge in [0.05, 0.1) is 38.0 Å². The maximum atomic E-state index is 14.6. The second-order valence-electron chi connectivity index (χ2n) is 16.2. The number of fused-ring (bicyclic) bond motifs is 3. The fourth-order valence-electron chi connectivity index (χ4n) is 9.84. The molecule has 330 valence electrons. The summed E-state index contributed by atoms with van der Waals surface area (Å²) in [4.78, 5) is 23.5. The van der Waals surface area contributed by atoms with E-state index in [1.165, 1.54) is 4.90 Å². The zero-order chi connectivity index (χ0) is 43.3. The number of amides is 1.